The number of nitrogens with two attached hydrogens (primary N) is 1. The Labute approximate surface area is 104 Å². The Morgan fingerprint density at radius 3 is 2.47 bits per heavy atom. The first-order valence-electron chi connectivity index (χ1n) is 5.01. The average Bonchev–Trinajstić information content (AvgIpc) is 2.26. The Kier molecular flexibility index (Phi) is 4.28. The van der Waals surface area contributed by atoms with E-state index in [9.17, 15) is 26.7 Å². The Morgan fingerprint density at radius 2 is 2.05 bits per heavy atom. The summed E-state index contributed by atoms with van der Waals surface area (Å²) in [4.78, 5) is 14.4. The smallest absolute Gasteiger partial charge is 0.419 e. The molecule has 0 amide bonds. The molecule has 0 spiro atoms. The maximum absolute atomic E-state index is 12.7. The summed E-state index contributed by atoms with van der Waals surface area (Å²) in [5.41, 5.74) is 1.43. The predicted octanol–water partition coefficient (Wildman–Crippen LogP) is 2.80. The number of halogens is 5. The number of aromatic nitrogens is 1. The predicted molar refractivity (Wildman–Crippen MR) is 54.6 cm³/mol. The number of ether oxygens (including phenoxy) is 1. The molecule has 0 aliphatic heterocycles. The van der Waals surface area contributed by atoms with Crippen LogP contribution in [0.4, 0.5) is 27.8 Å². The fourth-order valence-corrected chi connectivity index (χ4v) is 1.30. The van der Waals surface area contributed by atoms with E-state index in [2.05, 4.69) is 9.72 Å². The van der Waals surface area contributed by atoms with E-state index in [-0.39, 0.29) is 12.7 Å². The van der Waals surface area contributed by atoms with Gasteiger partial charge in [0.05, 0.1) is 17.7 Å². The number of nitrogen functional groups attached to an aromatic ring is 1. The van der Waals surface area contributed by atoms with Crippen molar-refractivity contribution in [3.63, 3.8) is 0 Å². The lowest BCUT2D eigenvalue weighted by molar-refractivity contribution is -0.137. The van der Waals surface area contributed by atoms with Crippen LogP contribution >= 0.6 is 0 Å². The zero-order chi connectivity index (χ0) is 14.8. The maximum atomic E-state index is 12.7. The van der Waals surface area contributed by atoms with Crippen LogP contribution < -0.4 is 5.73 Å². The first-order chi connectivity index (χ1) is 8.68. The minimum absolute atomic E-state index is 0.110. The third kappa shape index (κ3) is 3.30. The molecular formula is C10H9F5N2O2. The number of anilines is 1. The van der Waals surface area contributed by atoms with E-state index >= 15 is 0 Å². The topological polar surface area (TPSA) is 65.2 Å². The Balaban J connectivity index is 3.42. The third-order valence-corrected chi connectivity index (χ3v) is 2.09. The second-order valence-electron chi connectivity index (χ2n) is 3.38. The average molecular weight is 284 g/mol. The van der Waals surface area contributed by atoms with Crippen molar-refractivity contribution in [1.82, 2.24) is 4.98 Å². The highest BCUT2D eigenvalue weighted by Crippen LogP contribution is 2.36. The fraction of sp³-hybridized carbons (Fsp3) is 0.400. The van der Waals surface area contributed by atoms with Crippen molar-refractivity contribution in [2.75, 3.05) is 12.3 Å². The molecule has 1 aromatic rings. The number of hydrogen-bond donors (Lipinski definition) is 1. The van der Waals surface area contributed by atoms with Crippen molar-refractivity contribution in [3.05, 3.63) is 22.9 Å². The van der Waals surface area contributed by atoms with E-state index in [1.807, 2.05) is 0 Å². The molecule has 1 aromatic heterocycles. The zero-order valence-corrected chi connectivity index (χ0v) is 9.59. The summed E-state index contributed by atoms with van der Waals surface area (Å²) in [6.07, 6.45) is -8.25. The summed E-state index contributed by atoms with van der Waals surface area (Å²) in [6, 6.07) is 0.110. The van der Waals surface area contributed by atoms with Crippen LogP contribution in [-0.4, -0.2) is 17.6 Å². The summed E-state index contributed by atoms with van der Waals surface area (Å²) in [6.45, 7) is 1.28. The van der Waals surface area contributed by atoms with Crippen LogP contribution in [0.3, 0.4) is 0 Å². The van der Waals surface area contributed by atoms with Gasteiger partial charge >= 0.3 is 12.1 Å². The molecule has 9 heteroatoms. The molecule has 0 atom stereocenters. The number of nitrogens with zero attached hydrogens (tertiary/aromatic N) is 1. The van der Waals surface area contributed by atoms with Crippen LogP contribution in [0.15, 0.2) is 6.07 Å². The van der Waals surface area contributed by atoms with Crippen LogP contribution in [0.1, 0.15) is 35.0 Å². The molecule has 0 bridgehead atoms. The van der Waals surface area contributed by atoms with Crippen LogP contribution in [0.2, 0.25) is 0 Å². The number of rotatable bonds is 3. The lowest BCUT2D eigenvalue weighted by Crippen LogP contribution is -2.17. The van der Waals surface area contributed by atoms with Gasteiger partial charge in [-0.05, 0) is 13.0 Å². The third-order valence-electron chi connectivity index (χ3n) is 2.09. The van der Waals surface area contributed by atoms with E-state index in [0.717, 1.165) is 0 Å². The number of alkyl halides is 5. The quantitative estimate of drug-likeness (QED) is 0.684. The van der Waals surface area contributed by atoms with Gasteiger partial charge in [0.2, 0.25) is 0 Å². The van der Waals surface area contributed by atoms with E-state index in [0.29, 0.717) is 0 Å². The van der Waals surface area contributed by atoms with Gasteiger partial charge in [-0.25, -0.2) is 18.6 Å². The van der Waals surface area contributed by atoms with Gasteiger partial charge in [-0.2, -0.15) is 13.2 Å². The maximum Gasteiger partial charge on any atom is 0.419 e. The molecule has 4 nitrogen and oxygen atoms in total. The first-order valence-corrected chi connectivity index (χ1v) is 5.01. The number of pyridine rings is 1. The zero-order valence-electron chi connectivity index (χ0n) is 9.59. The minimum atomic E-state index is -4.94. The summed E-state index contributed by atoms with van der Waals surface area (Å²) >= 11 is 0. The summed E-state index contributed by atoms with van der Waals surface area (Å²) in [5.74, 6) is -2.31. The van der Waals surface area contributed by atoms with Gasteiger partial charge in [0, 0.05) is 0 Å². The van der Waals surface area contributed by atoms with Crippen molar-refractivity contribution < 1.29 is 31.5 Å². The van der Waals surface area contributed by atoms with Gasteiger partial charge in [-0.1, -0.05) is 0 Å². The van der Waals surface area contributed by atoms with Gasteiger partial charge in [-0.3, -0.25) is 0 Å². The molecule has 0 aliphatic rings. The molecule has 2 N–H and O–H groups in total. The van der Waals surface area contributed by atoms with Crippen molar-refractivity contribution in [2.45, 2.75) is 19.5 Å². The molecule has 0 aliphatic carbocycles. The first kappa shape index (κ1) is 15.1. The van der Waals surface area contributed by atoms with Crippen LogP contribution in [0, 0.1) is 0 Å². The van der Waals surface area contributed by atoms with Crippen molar-refractivity contribution in [2.24, 2.45) is 0 Å². The van der Waals surface area contributed by atoms with Gasteiger partial charge in [0.1, 0.15) is 5.82 Å². The van der Waals surface area contributed by atoms with Crippen molar-refractivity contribution >= 4 is 11.8 Å². The molecule has 0 saturated heterocycles. The highest BCUT2D eigenvalue weighted by atomic mass is 19.4. The van der Waals surface area contributed by atoms with Crippen molar-refractivity contribution in [1.29, 1.82) is 0 Å². The Morgan fingerprint density at radius 1 is 1.47 bits per heavy atom. The summed E-state index contributed by atoms with van der Waals surface area (Å²) < 4.78 is 67.2. The second-order valence-corrected chi connectivity index (χ2v) is 3.38. The Bertz CT molecular complexity index is 488. The number of hydrogen-bond acceptors (Lipinski definition) is 4. The monoisotopic (exact) mass is 284 g/mol. The number of carbonyl (C=O) groups is 1. The van der Waals surface area contributed by atoms with Crippen molar-refractivity contribution in [3.8, 4) is 0 Å². The molecular weight excluding hydrogens is 275 g/mol. The van der Waals surface area contributed by atoms with E-state index < -0.39 is 41.2 Å². The van der Waals surface area contributed by atoms with Crippen LogP contribution in [-0.2, 0) is 10.9 Å². The standard InChI is InChI=1S/C10H9F5N2O2/c1-2-19-9(18)6-4(7(11)12)3-5(8(16)17-6)10(13,14)15/h3,7H,2H2,1H3,(H2,16,17). The number of esters is 1. The lowest BCUT2D eigenvalue weighted by Gasteiger charge is -2.14. The lowest BCUT2D eigenvalue weighted by atomic mass is 10.1. The van der Waals surface area contributed by atoms with Crippen LogP contribution in [0.25, 0.3) is 0 Å². The molecule has 0 fully saturated rings. The summed E-state index contributed by atoms with van der Waals surface area (Å²) in [7, 11) is 0. The minimum Gasteiger partial charge on any atom is -0.461 e. The Hall–Kier alpha value is -1.93. The second kappa shape index (κ2) is 5.37. The van der Waals surface area contributed by atoms with E-state index in [4.69, 9.17) is 5.73 Å². The molecule has 0 radical (unpaired) electrons. The van der Waals surface area contributed by atoms with Gasteiger partial charge in [0.25, 0.3) is 6.43 Å². The van der Waals surface area contributed by atoms with Crippen LogP contribution in [0.5, 0.6) is 0 Å². The molecule has 0 saturated carbocycles. The van der Waals surface area contributed by atoms with E-state index in [1.165, 1.54) is 6.92 Å². The van der Waals surface area contributed by atoms with E-state index in [1.54, 1.807) is 0 Å². The molecule has 1 rings (SSSR count). The normalized spacial score (nSPS) is 11.7. The highest BCUT2D eigenvalue weighted by Gasteiger charge is 2.36. The SMILES string of the molecule is CCOC(=O)c1nc(N)c(C(F)(F)F)cc1C(F)F. The highest BCUT2D eigenvalue weighted by molar-refractivity contribution is 5.89. The largest absolute Gasteiger partial charge is 0.461 e. The van der Waals surface area contributed by atoms with Gasteiger partial charge in [0.15, 0.2) is 5.69 Å². The van der Waals surface area contributed by atoms with Gasteiger partial charge < -0.3 is 10.5 Å². The number of carbonyl (C=O) groups excluding carboxylic acids is 1. The molecule has 19 heavy (non-hydrogen) atoms. The molecule has 0 unspecified atom stereocenters. The summed E-state index contributed by atoms with van der Waals surface area (Å²) in [5, 5.41) is 0. The van der Waals surface area contributed by atoms with Gasteiger partial charge in [-0.15, -0.1) is 0 Å². The molecule has 1 heterocycles. The molecule has 106 valence electrons. The molecule has 0 aromatic carbocycles. The fourth-order valence-electron chi connectivity index (χ4n) is 1.30.